The number of hydrogen-bond donors (Lipinski definition) is 1. The van der Waals surface area contributed by atoms with Crippen molar-refractivity contribution in [3.8, 4) is 11.3 Å². The molecule has 0 atom stereocenters. The van der Waals surface area contributed by atoms with Crippen molar-refractivity contribution >= 4 is 39.9 Å². The number of nitro benzene ring substituents is 1. The molecule has 0 saturated carbocycles. The lowest BCUT2D eigenvalue weighted by Crippen LogP contribution is -2.29. The number of benzene rings is 2. The van der Waals surface area contributed by atoms with Crippen LogP contribution in [0.1, 0.15) is 23.5 Å². The number of rotatable bonds is 9. The number of anilines is 3. The van der Waals surface area contributed by atoms with Gasteiger partial charge in [0.25, 0.3) is 5.69 Å². The molecule has 0 fully saturated rings. The summed E-state index contributed by atoms with van der Waals surface area (Å²) in [6.45, 7) is 3.27. The zero-order valence-corrected chi connectivity index (χ0v) is 22.3. The average molecular weight is 534 g/mol. The molecule has 11 heteroatoms. The molecule has 206 valence electrons. The lowest BCUT2D eigenvalue weighted by Gasteiger charge is -2.22. The number of nitro groups is 1. The van der Waals surface area contributed by atoms with Gasteiger partial charge in [-0.1, -0.05) is 25.6 Å². The van der Waals surface area contributed by atoms with Crippen LogP contribution in [0, 0.1) is 17.0 Å². The van der Waals surface area contributed by atoms with Gasteiger partial charge in [-0.2, -0.15) is 0 Å². The first-order chi connectivity index (χ1) is 18.1. The Balaban J connectivity index is 0.00000420. The molecule has 2 heterocycles. The van der Waals surface area contributed by atoms with Crippen molar-refractivity contribution in [1.82, 2.24) is 19.4 Å². The fraction of sp³-hybridized carbons (Fsp3) is 0.321. The maximum Gasteiger partial charge on any atom is 0.355 e. The quantitative estimate of drug-likeness (QED) is 0.180. The summed E-state index contributed by atoms with van der Waals surface area (Å²) in [4.78, 5) is 37.2. The predicted molar refractivity (Wildman–Crippen MR) is 155 cm³/mol. The second-order valence-corrected chi connectivity index (χ2v) is 9.32. The van der Waals surface area contributed by atoms with Gasteiger partial charge in [-0.25, -0.2) is 14.8 Å². The number of likely N-dealkylation sites (N-methyl/N-ethyl adjacent to an activating group) is 2. The van der Waals surface area contributed by atoms with Crippen LogP contribution in [0.4, 0.5) is 23.0 Å². The van der Waals surface area contributed by atoms with Crippen LogP contribution in [0.25, 0.3) is 22.2 Å². The van der Waals surface area contributed by atoms with Gasteiger partial charge < -0.3 is 24.4 Å². The molecule has 4 rings (SSSR count). The van der Waals surface area contributed by atoms with E-state index < -0.39 is 5.97 Å². The standard InChI is InChI=1S/C27H31N7O4.CH4/c1-17-15-22(32(4)14-13-31(2)3)23(34(36)37)16-20(17)30-27-28-12-11-19(29-27)24-18-9-7-8-10-21(18)33(5)25(24)26(35)38-6;/h7-12,15-16H,13-14H2,1-6H3,(H,28,29,30);1H4. The third-order valence-electron chi connectivity index (χ3n) is 6.46. The Morgan fingerprint density at radius 2 is 1.87 bits per heavy atom. The Hall–Kier alpha value is -4.51. The normalized spacial score (nSPS) is 10.8. The fourth-order valence-corrected chi connectivity index (χ4v) is 4.41. The van der Waals surface area contributed by atoms with Crippen LogP contribution in [0.3, 0.4) is 0 Å². The number of carbonyl (C=O) groups is 1. The first kappa shape index (κ1) is 29.1. The molecule has 2 aromatic heterocycles. The number of hydrogen-bond acceptors (Lipinski definition) is 9. The molecule has 0 spiro atoms. The van der Waals surface area contributed by atoms with E-state index in [-0.39, 0.29) is 24.0 Å². The molecule has 39 heavy (non-hydrogen) atoms. The van der Waals surface area contributed by atoms with Gasteiger partial charge in [0.05, 0.1) is 23.4 Å². The van der Waals surface area contributed by atoms with Crippen LogP contribution in [-0.2, 0) is 11.8 Å². The topological polar surface area (TPSA) is 119 Å². The van der Waals surface area contributed by atoms with Crippen LogP contribution in [-0.4, -0.2) is 71.7 Å². The molecule has 0 saturated heterocycles. The monoisotopic (exact) mass is 533 g/mol. The molecular formula is C28H35N7O4. The largest absolute Gasteiger partial charge is 0.464 e. The minimum absolute atomic E-state index is 0. The third-order valence-corrected chi connectivity index (χ3v) is 6.46. The van der Waals surface area contributed by atoms with Crippen LogP contribution >= 0.6 is 0 Å². The number of ether oxygens (including phenoxy) is 1. The van der Waals surface area contributed by atoms with E-state index in [4.69, 9.17) is 4.74 Å². The van der Waals surface area contributed by atoms with Gasteiger partial charge in [0, 0.05) is 55.9 Å². The van der Waals surface area contributed by atoms with E-state index in [0.29, 0.717) is 34.9 Å². The maximum absolute atomic E-state index is 12.7. The second-order valence-electron chi connectivity index (χ2n) is 9.32. The van der Waals surface area contributed by atoms with E-state index in [1.54, 1.807) is 29.9 Å². The molecule has 0 unspecified atom stereocenters. The van der Waals surface area contributed by atoms with Gasteiger partial charge in [-0.15, -0.1) is 0 Å². The second kappa shape index (κ2) is 11.9. The van der Waals surface area contributed by atoms with E-state index in [1.807, 2.05) is 62.1 Å². The van der Waals surface area contributed by atoms with Crippen molar-refractivity contribution in [3.63, 3.8) is 0 Å². The van der Waals surface area contributed by atoms with Crippen LogP contribution < -0.4 is 10.2 Å². The van der Waals surface area contributed by atoms with Crippen molar-refractivity contribution in [2.75, 3.05) is 51.6 Å². The smallest absolute Gasteiger partial charge is 0.355 e. The maximum atomic E-state index is 12.7. The lowest BCUT2D eigenvalue weighted by molar-refractivity contribution is -0.384. The van der Waals surface area contributed by atoms with Gasteiger partial charge >= 0.3 is 5.97 Å². The molecule has 2 aromatic carbocycles. The Kier molecular flexibility index (Phi) is 8.87. The van der Waals surface area contributed by atoms with Gasteiger partial charge in [0.15, 0.2) is 0 Å². The molecule has 0 bridgehead atoms. The lowest BCUT2D eigenvalue weighted by atomic mass is 10.1. The zero-order valence-electron chi connectivity index (χ0n) is 22.3. The van der Waals surface area contributed by atoms with Crippen molar-refractivity contribution in [2.45, 2.75) is 14.4 Å². The summed E-state index contributed by atoms with van der Waals surface area (Å²) in [5.74, 6) is -0.232. The highest BCUT2D eigenvalue weighted by atomic mass is 16.6. The van der Waals surface area contributed by atoms with Gasteiger partial charge in [-0.05, 0) is 44.8 Å². The highest BCUT2D eigenvalue weighted by molar-refractivity contribution is 6.08. The number of aromatic nitrogens is 3. The first-order valence-electron chi connectivity index (χ1n) is 12.0. The van der Waals surface area contributed by atoms with Crippen molar-refractivity contribution in [1.29, 1.82) is 0 Å². The Morgan fingerprint density at radius 1 is 1.15 bits per heavy atom. The fourth-order valence-electron chi connectivity index (χ4n) is 4.41. The van der Waals surface area contributed by atoms with Crippen molar-refractivity contribution in [2.24, 2.45) is 7.05 Å². The molecular weight excluding hydrogens is 498 g/mol. The summed E-state index contributed by atoms with van der Waals surface area (Å²) in [6.07, 6.45) is 1.58. The Bertz CT molecular complexity index is 1510. The van der Waals surface area contributed by atoms with E-state index in [1.165, 1.54) is 13.2 Å². The summed E-state index contributed by atoms with van der Waals surface area (Å²) in [7, 11) is 8.90. The molecule has 0 aliphatic carbocycles. The van der Waals surface area contributed by atoms with Gasteiger partial charge in [0.2, 0.25) is 5.95 Å². The third kappa shape index (κ3) is 5.83. The zero-order chi connectivity index (χ0) is 27.6. The van der Waals surface area contributed by atoms with E-state index in [0.717, 1.165) is 23.0 Å². The molecule has 4 aromatic rings. The molecule has 11 nitrogen and oxygen atoms in total. The van der Waals surface area contributed by atoms with Crippen molar-refractivity contribution in [3.05, 3.63) is 70.0 Å². The summed E-state index contributed by atoms with van der Waals surface area (Å²) < 4.78 is 6.84. The number of nitrogens with one attached hydrogen (secondary N) is 1. The Morgan fingerprint density at radius 3 is 2.54 bits per heavy atom. The summed E-state index contributed by atoms with van der Waals surface area (Å²) in [6, 6.07) is 12.7. The number of para-hydroxylation sites is 1. The minimum Gasteiger partial charge on any atom is -0.464 e. The number of nitrogens with zero attached hydrogens (tertiary/aromatic N) is 6. The summed E-state index contributed by atoms with van der Waals surface area (Å²) in [5.41, 5.74) is 4.21. The van der Waals surface area contributed by atoms with Gasteiger partial charge in [-0.3, -0.25) is 10.1 Å². The number of esters is 1. The number of fused-ring (bicyclic) bond motifs is 1. The molecule has 0 amide bonds. The SMILES string of the molecule is C.COC(=O)c1c(-c2ccnc(Nc3cc([N+](=O)[O-])c(N(C)CCN(C)C)cc3C)n2)c2ccccc2n1C. The van der Waals surface area contributed by atoms with Crippen LogP contribution in [0.2, 0.25) is 0 Å². The first-order valence-corrected chi connectivity index (χ1v) is 12.0. The summed E-state index contributed by atoms with van der Waals surface area (Å²) in [5, 5.41) is 15.9. The van der Waals surface area contributed by atoms with E-state index >= 15 is 0 Å². The van der Waals surface area contributed by atoms with E-state index in [2.05, 4.69) is 15.3 Å². The molecule has 0 radical (unpaired) electrons. The number of aryl methyl sites for hydroxylation is 2. The van der Waals surface area contributed by atoms with Crippen LogP contribution in [0.5, 0.6) is 0 Å². The molecule has 0 aliphatic heterocycles. The average Bonchev–Trinajstić information content (AvgIpc) is 3.20. The highest BCUT2D eigenvalue weighted by Gasteiger charge is 2.24. The van der Waals surface area contributed by atoms with Crippen molar-refractivity contribution < 1.29 is 14.5 Å². The summed E-state index contributed by atoms with van der Waals surface area (Å²) >= 11 is 0. The molecule has 1 N–H and O–H groups in total. The van der Waals surface area contributed by atoms with Gasteiger partial charge in [0.1, 0.15) is 11.4 Å². The Labute approximate surface area is 228 Å². The number of methoxy groups -OCH3 is 1. The molecule has 0 aliphatic rings. The van der Waals surface area contributed by atoms with Crippen LogP contribution in [0.15, 0.2) is 48.7 Å². The highest BCUT2D eigenvalue weighted by Crippen LogP contribution is 2.36. The predicted octanol–water partition coefficient (Wildman–Crippen LogP) is 5.02. The number of carbonyl (C=O) groups excluding carboxylic acids is 1. The van der Waals surface area contributed by atoms with E-state index in [9.17, 15) is 14.9 Å². The minimum atomic E-state index is -0.479.